The number of carbonyl (C=O) groups excluding carboxylic acids is 3. The number of piperidine rings is 1. The van der Waals surface area contributed by atoms with Crippen molar-refractivity contribution in [3.63, 3.8) is 0 Å². The SMILES string of the molecule is CNC(=O)[C@@H]1C[C@H](Oc2ccccc2)CN1C(=O)CC1CCN(C(C)=O)CC1. The van der Waals surface area contributed by atoms with Gasteiger partial charge in [0.15, 0.2) is 0 Å². The van der Waals surface area contributed by atoms with Gasteiger partial charge >= 0.3 is 0 Å². The highest BCUT2D eigenvalue weighted by molar-refractivity contribution is 5.88. The van der Waals surface area contributed by atoms with Crippen molar-refractivity contribution >= 4 is 17.7 Å². The molecule has 1 aromatic rings. The van der Waals surface area contributed by atoms with Crippen LogP contribution in [0.25, 0.3) is 0 Å². The molecule has 1 aromatic carbocycles. The zero-order valence-corrected chi connectivity index (χ0v) is 16.6. The Morgan fingerprint density at radius 1 is 1.14 bits per heavy atom. The van der Waals surface area contributed by atoms with E-state index < -0.39 is 6.04 Å². The Morgan fingerprint density at radius 2 is 1.82 bits per heavy atom. The smallest absolute Gasteiger partial charge is 0.242 e. The fraction of sp³-hybridized carbons (Fsp3) is 0.571. The lowest BCUT2D eigenvalue weighted by molar-refractivity contribution is -0.139. The van der Waals surface area contributed by atoms with E-state index in [9.17, 15) is 14.4 Å². The third-order valence-corrected chi connectivity index (χ3v) is 5.70. The zero-order valence-electron chi connectivity index (χ0n) is 16.6. The first kappa shape index (κ1) is 20.2. The third kappa shape index (κ3) is 4.82. The minimum atomic E-state index is -0.497. The van der Waals surface area contributed by atoms with E-state index in [-0.39, 0.29) is 29.7 Å². The summed E-state index contributed by atoms with van der Waals surface area (Å²) in [7, 11) is 1.59. The van der Waals surface area contributed by atoms with Gasteiger partial charge in [-0.1, -0.05) is 18.2 Å². The summed E-state index contributed by atoms with van der Waals surface area (Å²) in [4.78, 5) is 40.3. The van der Waals surface area contributed by atoms with E-state index in [0.717, 1.165) is 18.6 Å². The Hall–Kier alpha value is -2.57. The van der Waals surface area contributed by atoms with Gasteiger partial charge in [0, 0.05) is 39.9 Å². The molecule has 3 rings (SSSR count). The largest absolute Gasteiger partial charge is 0.488 e. The summed E-state index contributed by atoms with van der Waals surface area (Å²) >= 11 is 0. The van der Waals surface area contributed by atoms with E-state index in [1.54, 1.807) is 18.9 Å². The molecule has 1 N–H and O–H groups in total. The van der Waals surface area contributed by atoms with Gasteiger partial charge in [0.25, 0.3) is 0 Å². The van der Waals surface area contributed by atoms with Gasteiger partial charge < -0.3 is 19.9 Å². The lowest BCUT2D eigenvalue weighted by atomic mass is 9.93. The third-order valence-electron chi connectivity index (χ3n) is 5.70. The number of nitrogens with one attached hydrogen (secondary N) is 1. The summed E-state index contributed by atoms with van der Waals surface area (Å²) < 4.78 is 5.99. The Morgan fingerprint density at radius 3 is 2.43 bits per heavy atom. The fourth-order valence-electron chi connectivity index (χ4n) is 4.08. The number of amides is 3. The minimum Gasteiger partial charge on any atom is -0.488 e. The van der Waals surface area contributed by atoms with Crippen molar-refractivity contribution in [3.8, 4) is 5.75 Å². The number of rotatable bonds is 5. The molecule has 2 aliphatic heterocycles. The van der Waals surface area contributed by atoms with Gasteiger partial charge in [-0.2, -0.15) is 0 Å². The lowest BCUT2D eigenvalue weighted by Gasteiger charge is -2.32. The van der Waals surface area contributed by atoms with Crippen molar-refractivity contribution in [3.05, 3.63) is 30.3 Å². The molecule has 7 heteroatoms. The first-order valence-electron chi connectivity index (χ1n) is 9.96. The summed E-state index contributed by atoms with van der Waals surface area (Å²) in [5.74, 6) is 0.925. The van der Waals surface area contributed by atoms with Crippen molar-refractivity contribution in [2.24, 2.45) is 5.92 Å². The highest BCUT2D eigenvalue weighted by Crippen LogP contribution is 2.27. The van der Waals surface area contributed by atoms with Crippen molar-refractivity contribution in [2.45, 2.75) is 44.8 Å². The Balaban J connectivity index is 1.60. The minimum absolute atomic E-state index is 0.00552. The maximum Gasteiger partial charge on any atom is 0.242 e. The van der Waals surface area contributed by atoms with Gasteiger partial charge in [0.1, 0.15) is 17.9 Å². The number of benzene rings is 1. The van der Waals surface area contributed by atoms with Crippen LogP contribution in [0, 0.1) is 5.92 Å². The van der Waals surface area contributed by atoms with Gasteiger partial charge in [-0.3, -0.25) is 14.4 Å². The standard InChI is InChI=1S/C21H29N3O4/c1-15(25)23-10-8-16(9-11-23)12-20(26)24-14-18(13-19(24)21(27)22-2)28-17-6-4-3-5-7-17/h3-7,16,18-19H,8-14H2,1-2H3,(H,22,27)/t18-,19-/m0/s1. The van der Waals surface area contributed by atoms with Crippen LogP contribution in [-0.2, 0) is 14.4 Å². The van der Waals surface area contributed by atoms with E-state index in [1.165, 1.54) is 0 Å². The predicted octanol–water partition coefficient (Wildman–Crippen LogP) is 1.43. The summed E-state index contributed by atoms with van der Waals surface area (Å²) in [5, 5.41) is 2.67. The normalized spacial score (nSPS) is 22.8. The number of carbonyl (C=O) groups is 3. The molecule has 0 bridgehead atoms. The molecule has 0 aliphatic carbocycles. The molecule has 2 aliphatic rings. The molecule has 3 amide bonds. The van der Waals surface area contributed by atoms with Gasteiger partial charge in [-0.15, -0.1) is 0 Å². The summed E-state index contributed by atoms with van der Waals surface area (Å²) in [6.45, 7) is 3.40. The maximum atomic E-state index is 13.0. The fourth-order valence-corrected chi connectivity index (χ4v) is 4.08. The van der Waals surface area contributed by atoms with Gasteiger partial charge in [0.05, 0.1) is 6.54 Å². The van der Waals surface area contributed by atoms with Crippen molar-refractivity contribution in [1.29, 1.82) is 0 Å². The average Bonchev–Trinajstić information content (AvgIpc) is 3.12. The Labute approximate surface area is 166 Å². The molecule has 0 spiro atoms. The van der Waals surface area contributed by atoms with Crippen LogP contribution in [0.3, 0.4) is 0 Å². The first-order chi connectivity index (χ1) is 13.5. The molecule has 28 heavy (non-hydrogen) atoms. The molecule has 2 saturated heterocycles. The second kappa shape index (κ2) is 9.08. The van der Waals surface area contributed by atoms with Gasteiger partial charge in [-0.25, -0.2) is 0 Å². The van der Waals surface area contributed by atoms with Crippen LogP contribution >= 0.6 is 0 Å². The molecule has 0 saturated carbocycles. The number of hydrogen-bond acceptors (Lipinski definition) is 4. The van der Waals surface area contributed by atoms with Crippen molar-refractivity contribution < 1.29 is 19.1 Å². The van der Waals surface area contributed by atoms with Gasteiger partial charge in [-0.05, 0) is 30.9 Å². The van der Waals surface area contributed by atoms with Crippen LogP contribution in [-0.4, -0.2) is 66.3 Å². The molecule has 2 fully saturated rings. The van der Waals surface area contributed by atoms with Gasteiger partial charge in [0.2, 0.25) is 17.7 Å². The maximum absolute atomic E-state index is 13.0. The van der Waals surface area contributed by atoms with Crippen LogP contribution < -0.4 is 10.1 Å². The molecule has 152 valence electrons. The zero-order chi connectivity index (χ0) is 20.1. The molecular formula is C21H29N3O4. The number of para-hydroxylation sites is 1. The Kier molecular flexibility index (Phi) is 6.54. The highest BCUT2D eigenvalue weighted by atomic mass is 16.5. The second-order valence-electron chi connectivity index (χ2n) is 7.62. The number of ether oxygens (including phenoxy) is 1. The number of likely N-dealkylation sites (N-methyl/N-ethyl adjacent to an activating group) is 1. The highest BCUT2D eigenvalue weighted by Gasteiger charge is 2.41. The quantitative estimate of drug-likeness (QED) is 0.829. The molecule has 0 aromatic heterocycles. The van der Waals surface area contributed by atoms with Crippen LogP contribution in [0.5, 0.6) is 5.75 Å². The predicted molar refractivity (Wildman–Crippen MR) is 105 cm³/mol. The van der Waals surface area contributed by atoms with Crippen LogP contribution in [0.4, 0.5) is 0 Å². The van der Waals surface area contributed by atoms with E-state index in [2.05, 4.69) is 5.32 Å². The molecule has 0 radical (unpaired) electrons. The number of nitrogens with zero attached hydrogens (tertiary/aromatic N) is 2. The molecular weight excluding hydrogens is 358 g/mol. The van der Waals surface area contributed by atoms with Crippen LogP contribution in [0.1, 0.15) is 32.6 Å². The van der Waals surface area contributed by atoms with Crippen molar-refractivity contribution in [2.75, 3.05) is 26.7 Å². The number of hydrogen-bond donors (Lipinski definition) is 1. The number of likely N-dealkylation sites (tertiary alicyclic amines) is 2. The summed E-state index contributed by atoms with van der Waals surface area (Å²) in [6.07, 6.45) is 2.36. The Bertz CT molecular complexity index is 701. The van der Waals surface area contributed by atoms with E-state index >= 15 is 0 Å². The molecule has 2 atom stereocenters. The van der Waals surface area contributed by atoms with Crippen LogP contribution in [0.15, 0.2) is 30.3 Å². The topological polar surface area (TPSA) is 79.0 Å². The van der Waals surface area contributed by atoms with Crippen LogP contribution in [0.2, 0.25) is 0 Å². The van der Waals surface area contributed by atoms with E-state index in [1.807, 2.05) is 35.2 Å². The lowest BCUT2D eigenvalue weighted by Crippen LogP contribution is -2.46. The first-order valence-corrected chi connectivity index (χ1v) is 9.96. The summed E-state index contributed by atoms with van der Waals surface area (Å²) in [5.41, 5.74) is 0. The summed E-state index contributed by atoms with van der Waals surface area (Å²) in [6, 6.07) is 8.98. The second-order valence-corrected chi connectivity index (χ2v) is 7.62. The molecule has 7 nitrogen and oxygen atoms in total. The van der Waals surface area contributed by atoms with E-state index in [4.69, 9.17) is 4.74 Å². The molecule has 2 heterocycles. The average molecular weight is 387 g/mol. The van der Waals surface area contributed by atoms with Crippen molar-refractivity contribution in [1.82, 2.24) is 15.1 Å². The van der Waals surface area contributed by atoms with E-state index in [0.29, 0.717) is 32.5 Å². The molecule has 0 unspecified atom stereocenters. The monoisotopic (exact) mass is 387 g/mol.